The van der Waals surface area contributed by atoms with E-state index in [1.54, 1.807) is 0 Å². The fourth-order valence-corrected chi connectivity index (χ4v) is 5.91. The predicted octanol–water partition coefficient (Wildman–Crippen LogP) is 7.85. The summed E-state index contributed by atoms with van der Waals surface area (Å²) in [7, 11) is 0. The molecular weight excluding hydrogens is 400 g/mol. The van der Waals surface area contributed by atoms with Crippen LogP contribution >= 0.6 is 0 Å². The highest BCUT2D eigenvalue weighted by molar-refractivity contribution is 6.07. The number of H-pyrrole nitrogens is 1. The Bertz CT molecular complexity index is 1650. The van der Waals surface area contributed by atoms with Gasteiger partial charge in [0.05, 0.1) is 5.52 Å². The third kappa shape index (κ3) is 2.87. The van der Waals surface area contributed by atoms with Crippen LogP contribution in [-0.4, -0.2) is 9.55 Å². The van der Waals surface area contributed by atoms with E-state index in [2.05, 4.69) is 107 Å². The number of nitrogens with one attached hydrogen (secondary N) is 1. The van der Waals surface area contributed by atoms with Gasteiger partial charge in [0.25, 0.3) is 0 Å². The third-order valence-corrected chi connectivity index (χ3v) is 7.56. The summed E-state index contributed by atoms with van der Waals surface area (Å²) >= 11 is 0. The zero-order valence-electron chi connectivity index (χ0n) is 18.8. The van der Waals surface area contributed by atoms with E-state index in [0.717, 1.165) is 12.8 Å². The molecule has 0 aliphatic heterocycles. The molecule has 1 atom stereocenters. The van der Waals surface area contributed by atoms with Crippen LogP contribution in [0.2, 0.25) is 0 Å². The topological polar surface area (TPSA) is 20.7 Å². The second-order valence-electron chi connectivity index (χ2n) is 9.53. The highest BCUT2D eigenvalue weighted by Crippen LogP contribution is 2.40. The van der Waals surface area contributed by atoms with Gasteiger partial charge < -0.3 is 9.55 Å². The number of hydrogen-bond donors (Lipinski definition) is 1. The van der Waals surface area contributed by atoms with Crippen molar-refractivity contribution in [2.75, 3.05) is 0 Å². The predicted molar refractivity (Wildman–Crippen MR) is 139 cm³/mol. The summed E-state index contributed by atoms with van der Waals surface area (Å²) in [4.78, 5) is 3.63. The minimum absolute atomic E-state index is 0.547. The van der Waals surface area contributed by atoms with Crippen LogP contribution in [0.15, 0.2) is 91.0 Å². The van der Waals surface area contributed by atoms with Crippen molar-refractivity contribution in [1.82, 2.24) is 9.55 Å². The Morgan fingerprint density at radius 3 is 2.39 bits per heavy atom. The average molecular weight is 427 g/mol. The molecule has 0 radical (unpaired) electrons. The maximum absolute atomic E-state index is 3.63. The molecule has 0 fully saturated rings. The van der Waals surface area contributed by atoms with Gasteiger partial charge in [-0.25, -0.2) is 0 Å². The summed E-state index contributed by atoms with van der Waals surface area (Å²) in [6.45, 7) is 2.15. The number of fused-ring (bicyclic) bond motifs is 6. The molecule has 1 unspecified atom stereocenters. The van der Waals surface area contributed by atoms with E-state index in [0.29, 0.717) is 5.92 Å². The number of para-hydroxylation sites is 2. The molecule has 2 heterocycles. The Labute approximate surface area is 193 Å². The Kier molecular flexibility index (Phi) is 4.04. The molecule has 0 saturated carbocycles. The molecule has 1 N–H and O–H groups in total. The van der Waals surface area contributed by atoms with E-state index in [4.69, 9.17) is 0 Å². The van der Waals surface area contributed by atoms with Gasteiger partial charge in [0.1, 0.15) is 0 Å². The highest BCUT2D eigenvalue weighted by Gasteiger charge is 2.27. The zero-order chi connectivity index (χ0) is 21.9. The molecule has 1 aliphatic carbocycles. The Morgan fingerprint density at radius 1 is 0.758 bits per heavy atom. The van der Waals surface area contributed by atoms with E-state index in [1.165, 1.54) is 67.2 Å². The summed E-state index contributed by atoms with van der Waals surface area (Å²) < 4.78 is 2.50. The molecule has 0 bridgehead atoms. The molecule has 2 aromatic heterocycles. The molecule has 6 aromatic rings. The third-order valence-electron chi connectivity index (χ3n) is 7.56. The molecule has 7 rings (SSSR count). The first kappa shape index (κ1) is 18.8. The van der Waals surface area contributed by atoms with Gasteiger partial charge >= 0.3 is 0 Å². The van der Waals surface area contributed by atoms with Gasteiger partial charge in [0.2, 0.25) is 0 Å². The number of benzene rings is 4. The average Bonchev–Trinajstić information content (AvgIpc) is 3.39. The summed E-state index contributed by atoms with van der Waals surface area (Å²) in [6.07, 6.45) is 3.38. The van der Waals surface area contributed by atoms with E-state index in [9.17, 15) is 0 Å². The minimum Gasteiger partial charge on any atom is -0.355 e. The monoisotopic (exact) mass is 426 g/mol. The molecule has 160 valence electrons. The fourth-order valence-electron chi connectivity index (χ4n) is 5.91. The van der Waals surface area contributed by atoms with Gasteiger partial charge in [0, 0.05) is 38.6 Å². The number of aryl methyl sites for hydroxylation is 1. The first-order valence-corrected chi connectivity index (χ1v) is 11.9. The molecule has 33 heavy (non-hydrogen) atoms. The fraction of sp³-hybridized carbons (Fsp3) is 0.161. The molecule has 2 nitrogen and oxygen atoms in total. The Hall–Kier alpha value is -3.78. The van der Waals surface area contributed by atoms with Crippen molar-refractivity contribution in [3.63, 3.8) is 0 Å². The van der Waals surface area contributed by atoms with Crippen molar-refractivity contribution in [3.8, 4) is 5.69 Å². The van der Waals surface area contributed by atoms with Gasteiger partial charge in [0.15, 0.2) is 0 Å². The normalized spacial score (nSPS) is 16.0. The van der Waals surface area contributed by atoms with Crippen LogP contribution < -0.4 is 0 Å². The van der Waals surface area contributed by atoms with E-state index >= 15 is 0 Å². The first-order valence-electron chi connectivity index (χ1n) is 11.9. The number of aromatic amines is 1. The maximum atomic E-state index is 3.63. The summed E-state index contributed by atoms with van der Waals surface area (Å²) in [5, 5.41) is 4.04. The van der Waals surface area contributed by atoms with Crippen LogP contribution in [-0.2, 0) is 12.8 Å². The lowest BCUT2D eigenvalue weighted by Crippen LogP contribution is -2.14. The lowest BCUT2D eigenvalue weighted by atomic mass is 9.81. The summed E-state index contributed by atoms with van der Waals surface area (Å²) in [6, 6.07) is 33.6. The first-order chi connectivity index (χ1) is 16.3. The van der Waals surface area contributed by atoms with Crippen LogP contribution in [0.5, 0.6) is 0 Å². The largest absolute Gasteiger partial charge is 0.355 e. The minimum atomic E-state index is 0.547. The number of rotatable bonds is 2. The van der Waals surface area contributed by atoms with Crippen molar-refractivity contribution in [3.05, 3.63) is 113 Å². The number of aromatic nitrogens is 2. The molecule has 0 amide bonds. The maximum Gasteiger partial charge on any atom is 0.0534 e. The van der Waals surface area contributed by atoms with Gasteiger partial charge in [-0.05, 0) is 73.6 Å². The van der Waals surface area contributed by atoms with Crippen LogP contribution in [0.4, 0.5) is 0 Å². The Morgan fingerprint density at radius 2 is 1.52 bits per heavy atom. The second-order valence-corrected chi connectivity index (χ2v) is 9.53. The van der Waals surface area contributed by atoms with Crippen molar-refractivity contribution >= 4 is 32.7 Å². The summed E-state index contributed by atoms with van der Waals surface area (Å²) in [5.41, 5.74) is 10.8. The van der Waals surface area contributed by atoms with Gasteiger partial charge in [-0.15, -0.1) is 0 Å². The zero-order valence-corrected chi connectivity index (χ0v) is 18.8. The van der Waals surface area contributed by atoms with Crippen molar-refractivity contribution < 1.29 is 0 Å². The van der Waals surface area contributed by atoms with E-state index < -0.39 is 0 Å². The lowest BCUT2D eigenvalue weighted by molar-refractivity contribution is 0.575. The SMILES string of the molecule is Cc1ccc(-n2c3c(c4ccccc42)CC(c2ccc4c(c2)[nH]c2ccccc24)CC3)cc1. The molecule has 2 heteroatoms. The van der Waals surface area contributed by atoms with Crippen molar-refractivity contribution in [2.45, 2.75) is 32.1 Å². The number of hydrogen-bond acceptors (Lipinski definition) is 0. The molecule has 4 aromatic carbocycles. The van der Waals surface area contributed by atoms with Crippen LogP contribution in [0.25, 0.3) is 38.4 Å². The Balaban J connectivity index is 1.33. The van der Waals surface area contributed by atoms with Crippen molar-refractivity contribution in [1.29, 1.82) is 0 Å². The highest BCUT2D eigenvalue weighted by atomic mass is 15.0. The van der Waals surface area contributed by atoms with Crippen molar-refractivity contribution in [2.24, 2.45) is 0 Å². The van der Waals surface area contributed by atoms with Gasteiger partial charge in [-0.3, -0.25) is 0 Å². The second kappa shape index (κ2) is 7.11. The molecule has 0 saturated heterocycles. The standard InChI is InChI=1S/C31H26N2/c1-20-10-14-23(15-11-20)33-30-9-5-3-7-26(30)27-18-21(13-17-31(27)33)22-12-16-25-24-6-2-4-8-28(24)32-29(25)19-22/h2-12,14-16,19,21,32H,13,17-18H2,1H3. The van der Waals surface area contributed by atoms with Crippen LogP contribution in [0.1, 0.15) is 34.7 Å². The van der Waals surface area contributed by atoms with Crippen LogP contribution in [0.3, 0.4) is 0 Å². The molecule has 0 spiro atoms. The van der Waals surface area contributed by atoms with E-state index in [-0.39, 0.29) is 0 Å². The molecular formula is C31H26N2. The smallest absolute Gasteiger partial charge is 0.0534 e. The number of nitrogens with zero attached hydrogens (tertiary/aromatic N) is 1. The quantitative estimate of drug-likeness (QED) is 0.291. The van der Waals surface area contributed by atoms with Gasteiger partial charge in [-0.2, -0.15) is 0 Å². The summed E-state index contributed by atoms with van der Waals surface area (Å²) in [5.74, 6) is 0.547. The van der Waals surface area contributed by atoms with Crippen LogP contribution in [0, 0.1) is 6.92 Å². The lowest BCUT2D eigenvalue weighted by Gasteiger charge is -2.25. The van der Waals surface area contributed by atoms with E-state index in [1.807, 2.05) is 0 Å². The van der Waals surface area contributed by atoms with Gasteiger partial charge in [-0.1, -0.05) is 66.2 Å². The molecule has 1 aliphatic rings.